The smallest absolute Gasteiger partial charge is 0.224 e. The Labute approximate surface area is 92.3 Å². The summed E-state index contributed by atoms with van der Waals surface area (Å²) in [6.45, 7) is 0.0274. The second-order valence-corrected chi connectivity index (χ2v) is 3.00. The number of aromatic nitrogens is 2. The summed E-state index contributed by atoms with van der Waals surface area (Å²) < 4.78 is 0. The van der Waals surface area contributed by atoms with Crippen molar-refractivity contribution >= 4 is 23.6 Å². The molecule has 0 saturated carbocycles. The zero-order valence-corrected chi connectivity index (χ0v) is 8.72. The topological polar surface area (TPSA) is 84.4 Å². The van der Waals surface area contributed by atoms with E-state index in [1.54, 1.807) is 6.07 Å². The van der Waals surface area contributed by atoms with Crippen LogP contribution < -0.4 is 5.73 Å². The van der Waals surface area contributed by atoms with Gasteiger partial charge < -0.3 is 10.8 Å². The van der Waals surface area contributed by atoms with Crippen molar-refractivity contribution in [1.29, 1.82) is 0 Å². The van der Waals surface area contributed by atoms with Gasteiger partial charge in [-0.1, -0.05) is 0 Å². The zero-order valence-electron chi connectivity index (χ0n) is 7.97. The molecule has 3 N–H and O–H groups in total. The van der Waals surface area contributed by atoms with Crippen LogP contribution in [0, 0.1) is 0 Å². The Hall–Kier alpha value is -1.46. The van der Waals surface area contributed by atoms with Crippen LogP contribution in [0.1, 0.15) is 6.42 Å². The molecule has 0 radical (unpaired) electrons. The Morgan fingerprint density at radius 3 is 3.07 bits per heavy atom. The van der Waals surface area contributed by atoms with Gasteiger partial charge in [0.2, 0.25) is 5.28 Å². The van der Waals surface area contributed by atoms with Crippen molar-refractivity contribution in [2.45, 2.75) is 6.42 Å². The summed E-state index contributed by atoms with van der Waals surface area (Å²) >= 11 is 5.58. The Morgan fingerprint density at radius 2 is 2.47 bits per heavy atom. The first kappa shape index (κ1) is 11.6. The third-order valence-electron chi connectivity index (χ3n) is 1.59. The molecule has 1 aromatic rings. The van der Waals surface area contributed by atoms with Crippen LogP contribution in [-0.4, -0.2) is 27.9 Å². The number of aliphatic hydroxyl groups excluding tert-OH is 1. The molecular formula is C9H11ClN4O. The molecule has 0 aliphatic carbocycles. The number of aliphatic hydroxyl groups is 1. The van der Waals surface area contributed by atoms with Crippen LogP contribution in [0.25, 0.3) is 0 Å². The number of hydrogen-bond donors (Lipinski definition) is 2. The fourth-order valence-corrected chi connectivity index (χ4v) is 1.01. The Bertz CT molecular complexity index is 378. The van der Waals surface area contributed by atoms with E-state index >= 15 is 0 Å². The molecule has 0 aliphatic rings. The van der Waals surface area contributed by atoms with Crippen molar-refractivity contribution in [3.8, 4) is 0 Å². The number of aliphatic imine (C=N–C) groups is 1. The van der Waals surface area contributed by atoms with Gasteiger partial charge in [0.05, 0.1) is 0 Å². The number of halogens is 1. The van der Waals surface area contributed by atoms with E-state index in [4.69, 9.17) is 22.4 Å². The quantitative estimate of drug-likeness (QED) is 0.594. The zero-order chi connectivity index (χ0) is 11.1. The third-order valence-corrected chi connectivity index (χ3v) is 1.77. The lowest BCUT2D eigenvalue weighted by molar-refractivity contribution is 0.301. The summed E-state index contributed by atoms with van der Waals surface area (Å²) in [4.78, 5) is 11.6. The van der Waals surface area contributed by atoms with Gasteiger partial charge in [0.15, 0.2) is 5.82 Å². The fourth-order valence-electron chi connectivity index (χ4n) is 0.867. The summed E-state index contributed by atoms with van der Waals surface area (Å²) in [5.74, 6) is 0.451. The van der Waals surface area contributed by atoms with Crippen LogP contribution in [0.15, 0.2) is 29.0 Å². The van der Waals surface area contributed by atoms with Gasteiger partial charge in [0.1, 0.15) is 0 Å². The summed E-state index contributed by atoms with van der Waals surface area (Å²) in [6.07, 6.45) is 4.90. The second-order valence-electron chi connectivity index (χ2n) is 2.66. The van der Waals surface area contributed by atoms with E-state index in [0.29, 0.717) is 12.2 Å². The lowest BCUT2D eigenvalue weighted by Gasteiger charge is -1.96. The van der Waals surface area contributed by atoms with Crippen molar-refractivity contribution in [3.63, 3.8) is 0 Å². The second kappa shape index (κ2) is 6.10. The molecule has 6 heteroatoms. The van der Waals surface area contributed by atoms with Gasteiger partial charge in [0.25, 0.3) is 0 Å². The molecular weight excluding hydrogens is 216 g/mol. The van der Waals surface area contributed by atoms with E-state index in [0.717, 1.165) is 5.57 Å². The summed E-state index contributed by atoms with van der Waals surface area (Å²) in [5.41, 5.74) is 6.06. The van der Waals surface area contributed by atoms with Gasteiger partial charge in [-0.2, -0.15) is 4.98 Å². The molecule has 5 nitrogen and oxygen atoms in total. The lowest BCUT2D eigenvalue weighted by Crippen LogP contribution is -1.94. The number of nitrogens with zero attached hydrogens (tertiary/aromatic N) is 3. The monoisotopic (exact) mass is 226 g/mol. The average molecular weight is 227 g/mol. The summed E-state index contributed by atoms with van der Waals surface area (Å²) in [6, 6.07) is 1.62. The molecule has 0 spiro atoms. The largest absolute Gasteiger partial charge is 0.404 e. The van der Waals surface area contributed by atoms with Crippen LogP contribution in [0.2, 0.25) is 5.28 Å². The normalized spacial score (nSPS) is 12.3. The van der Waals surface area contributed by atoms with Crippen LogP contribution >= 0.6 is 11.6 Å². The molecule has 0 aromatic carbocycles. The van der Waals surface area contributed by atoms with Gasteiger partial charge in [-0.15, -0.1) is 0 Å². The van der Waals surface area contributed by atoms with Gasteiger partial charge in [0, 0.05) is 25.1 Å². The lowest BCUT2D eigenvalue weighted by atomic mass is 10.2. The number of hydrogen-bond acceptors (Lipinski definition) is 5. The van der Waals surface area contributed by atoms with E-state index in [-0.39, 0.29) is 11.9 Å². The van der Waals surface area contributed by atoms with Crippen molar-refractivity contribution in [2.24, 2.45) is 10.7 Å². The Kier molecular flexibility index (Phi) is 4.73. The number of rotatable bonds is 4. The Balaban J connectivity index is 2.72. The van der Waals surface area contributed by atoms with Gasteiger partial charge in [-0.05, 0) is 29.8 Å². The SMILES string of the molecule is NC=C(C=Nc1ccnc(Cl)n1)CCO. The maximum absolute atomic E-state index is 8.70. The van der Waals surface area contributed by atoms with Gasteiger partial charge >= 0.3 is 0 Å². The predicted octanol–water partition coefficient (Wildman–Crippen LogP) is 1.06. The highest BCUT2D eigenvalue weighted by Crippen LogP contribution is 2.09. The maximum atomic E-state index is 8.70. The highest BCUT2D eigenvalue weighted by molar-refractivity contribution is 6.28. The minimum atomic E-state index is 0.0274. The highest BCUT2D eigenvalue weighted by Gasteiger charge is 1.94. The molecule has 0 amide bonds. The fraction of sp³-hybridized carbons (Fsp3) is 0.222. The van der Waals surface area contributed by atoms with Crippen LogP contribution in [0.3, 0.4) is 0 Å². The standard InChI is InChI=1S/C9H11ClN4O/c10-9-12-3-1-8(14-9)13-6-7(5-11)2-4-15/h1,3,5-6,15H,2,4,11H2. The van der Waals surface area contributed by atoms with E-state index in [1.165, 1.54) is 18.6 Å². The highest BCUT2D eigenvalue weighted by atomic mass is 35.5. The molecule has 1 aromatic heterocycles. The molecule has 1 heterocycles. The van der Waals surface area contributed by atoms with Crippen molar-refractivity contribution in [3.05, 3.63) is 29.3 Å². The maximum Gasteiger partial charge on any atom is 0.224 e. The first-order valence-corrected chi connectivity index (χ1v) is 4.68. The van der Waals surface area contributed by atoms with Crippen LogP contribution in [-0.2, 0) is 0 Å². The minimum absolute atomic E-state index is 0.0274. The first-order chi connectivity index (χ1) is 7.26. The van der Waals surface area contributed by atoms with Crippen LogP contribution in [0.4, 0.5) is 5.82 Å². The molecule has 1 rings (SSSR count). The van der Waals surface area contributed by atoms with Gasteiger partial charge in [-0.3, -0.25) is 0 Å². The van der Waals surface area contributed by atoms with E-state index < -0.39 is 0 Å². The molecule has 0 aliphatic heterocycles. The van der Waals surface area contributed by atoms with Gasteiger partial charge in [-0.25, -0.2) is 9.98 Å². The van der Waals surface area contributed by atoms with Crippen LogP contribution in [0.5, 0.6) is 0 Å². The third kappa shape index (κ3) is 4.05. The predicted molar refractivity (Wildman–Crippen MR) is 59.2 cm³/mol. The average Bonchev–Trinajstić information content (AvgIpc) is 2.24. The van der Waals surface area contributed by atoms with E-state index in [9.17, 15) is 0 Å². The Morgan fingerprint density at radius 1 is 1.67 bits per heavy atom. The molecule has 0 atom stereocenters. The molecule has 0 fully saturated rings. The summed E-state index contributed by atoms with van der Waals surface area (Å²) in [7, 11) is 0. The first-order valence-electron chi connectivity index (χ1n) is 4.30. The number of nitrogens with two attached hydrogens (primary N) is 1. The van der Waals surface area contributed by atoms with Crippen molar-refractivity contribution in [2.75, 3.05) is 6.61 Å². The minimum Gasteiger partial charge on any atom is -0.404 e. The van der Waals surface area contributed by atoms with Crippen molar-refractivity contribution < 1.29 is 5.11 Å². The molecule has 0 unspecified atom stereocenters. The molecule has 0 saturated heterocycles. The van der Waals surface area contributed by atoms with Crippen molar-refractivity contribution in [1.82, 2.24) is 9.97 Å². The molecule has 0 bridgehead atoms. The summed E-state index contributed by atoms with van der Waals surface area (Å²) in [5, 5.41) is 8.85. The molecule has 15 heavy (non-hydrogen) atoms. The van der Waals surface area contributed by atoms with E-state index in [2.05, 4.69) is 15.0 Å². The van der Waals surface area contributed by atoms with E-state index in [1.807, 2.05) is 0 Å². The molecule has 80 valence electrons.